The van der Waals surface area contributed by atoms with Crippen molar-refractivity contribution in [1.29, 1.82) is 0 Å². The lowest BCUT2D eigenvalue weighted by Crippen LogP contribution is -2.46. The smallest absolute Gasteiger partial charge is 0.237 e. The van der Waals surface area contributed by atoms with Crippen LogP contribution in [-0.2, 0) is 11.3 Å². The van der Waals surface area contributed by atoms with Crippen molar-refractivity contribution in [2.75, 3.05) is 13.1 Å². The standard InChI is InChI=1S/C19H22N2OS/c1-15(19(22)20-14-18-8-5-13-23-18)21-11-9-17(10-12-21)16-6-3-2-4-7-16/h2-9,13,15H,10-12,14H2,1H3,(H,20,22)/t15-/m1/s1. The molecule has 23 heavy (non-hydrogen) atoms. The maximum Gasteiger partial charge on any atom is 0.237 e. The SMILES string of the molecule is C[C@H](C(=O)NCc1cccs1)N1CC=C(c2ccccc2)CC1. The van der Waals surface area contributed by atoms with Crippen LogP contribution in [0.3, 0.4) is 0 Å². The van der Waals surface area contributed by atoms with E-state index in [9.17, 15) is 4.79 Å². The summed E-state index contributed by atoms with van der Waals surface area (Å²) in [6.45, 7) is 4.37. The highest BCUT2D eigenvalue weighted by molar-refractivity contribution is 7.09. The average molecular weight is 326 g/mol. The van der Waals surface area contributed by atoms with Gasteiger partial charge in [0.25, 0.3) is 0 Å². The minimum Gasteiger partial charge on any atom is -0.350 e. The van der Waals surface area contributed by atoms with Gasteiger partial charge in [-0.15, -0.1) is 11.3 Å². The summed E-state index contributed by atoms with van der Waals surface area (Å²) >= 11 is 1.67. The number of rotatable bonds is 5. The Labute approximate surface area is 141 Å². The van der Waals surface area contributed by atoms with Crippen LogP contribution >= 0.6 is 11.3 Å². The fraction of sp³-hybridized carbons (Fsp3) is 0.316. The van der Waals surface area contributed by atoms with Crippen molar-refractivity contribution >= 4 is 22.8 Å². The Morgan fingerprint density at radius 2 is 2.09 bits per heavy atom. The Balaban J connectivity index is 1.54. The number of nitrogens with one attached hydrogen (secondary N) is 1. The quantitative estimate of drug-likeness (QED) is 0.911. The van der Waals surface area contributed by atoms with Crippen LogP contribution in [0.4, 0.5) is 0 Å². The molecule has 4 heteroatoms. The van der Waals surface area contributed by atoms with Gasteiger partial charge in [0, 0.05) is 18.0 Å². The van der Waals surface area contributed by atoms with Crippen molar-refractivity contribution in [3.8, 4) is 0 Å². The third-order valence-electron chi connectivity index (χ3n) is 4.33. The fourth-order valence-electron chi connectivity index (χ4n) is 2.85. The molecule has 120 valence electrons. The lowest BCUT2D eigenvalue weighted by atomic mass is 9.99. The molecule has 0 spiro atoms. The average Bonchev–Trinajstić information content (AvgIpc) is 3.13. The number of thiophene rings is 1. The predicted molar refractivity (Wildman–Crippen MR) is 96.2 cm³/mol. The summed E-state index contributed by atoms with van der Waals surface area (Å²) in [5.41, 5.74) is 2.68. The zero-order chi connectivity index (χ0) is 16.1. The molecule has 3 rings (SSSR count). The summed E-state index contributed by atoms with van der Waals surface area (Å²) in [6, 6.07) is 14.5. The van der Waals surface area contributed by atoms with Crippen LogP contribution in [0.25, 0.3) is 5.57 Å². The second-order valence-corrected chi connectivity index (χ2v) is 6.85. The van der Waals surface area contributed by atoms with Gasteiger partial charge in [0.1, 0.15) is 0 Å². The summed E-state index contributed by atoms with van der Waals surface area (Å²) < 4.78 is 0. The molecule has 1 amide bonds. The number of carbonyl (C=O) groups excluding carboxylic acids is 1. The van der Waals surface area contributed by atoms with E-state index >= 15 is 0 Å². The Morgan fingerprint density at radius 1 is 1.26 bits per heavy atom. The second-order valence-electron chi connectivity index (χ2n) is 5.81. The molecule has 0 unspecified atom stereocenters. The monoisotopic (exact) mass is 326 g/mol. The van der Waals surface area contributed by atoms with Gasteiger partial charge in [0.2, 0.25) is 5.91 Å². The van der Waals surface area contributed by atoms with Crippen LogP contribution in [0, 0.1) is 0 Å². The summed E-state index contributed by atoms with van der Waals surface area (Å²) in [7, 11) is 0. The topological polar surface area (TPSA) is 32.3 Å². The number of nitrogens with zero attached hydrogens (tertiary/aromatic N) is 1. The van der Waals surface area contributed by atoms with Crippen molar-refractivity contribution in [3.05, 3.63) is 64.4 Å². The first kappa shape index (κ1) is 16.0. The van der Waals surface area contributed by atoms with E-state index < -0.39 is 0 Å². The minimum atomic E-state index is -0.0939. The van der Waals surface area contributed by atoms with Crippen LogP contribution in [0.1, 0.15) is 23.8 Å². The maximum absolute atomic E-state index is 12.3. The lowest BCUT2D eigenvalue weighted by Gasteiger charge is -2.31. The molecule has 1 aliphatic rings. The van der Waals surface area contributed by atoms with Gasteiger partial charge in [-0.1, -0.05) is 42.5 Å². The predicted octanol–water partition coefficient (Wildman–Crippen LogP) is 3.54. The largest absolute Gasteiger partial charge is 0.350 e. The van der Waals surface area contributed by atoms with E-state index in [2.05, 4.69) is 40.6 Å². The van der Waals surface area contributed by atoms with Crippen molar-refractivity contribution < 1.29 is 4.79 Å². The summed E-state index contributed by atoms with van der Waals surface area (Å²) in [5.74, 6) is 0.106. The van der Waals surface area contributed by atoms with Crippen molar-refractivity contribution in [3.63, 3.8) is 0 Å². The normalized spacial score (nSPS) is 16.7. The van der Waals surface area contributed by atoms with Gasteiger partial charge in [-0.25, -0.2) is 0 Å². The highest BCUT2D eigenvalue weighted by Gasteiger charge is 2.23. The van der Waals surface area contributed by atoms with Gasteiger partial charge in [-0.05, 0) is 35.9 Å². The van der Waals surface area contributed by atoms with Crippen LogP contribution < -0.4 is 5.32 Å². The molecule has 2 heterocycles. The first-order chi connectivity index (χ1) is 11.2. The Morgan fingerprint density at radius 3 is 2.74 bits per heavy atom. The number of hydrogen-bond acceptors (Lipinski definition) is 3. The summed E-state index contributed by atoms with van der Waals surface area (Å²) in [4.78, 5) is 15.7. The Hall–Kier alpha value is -1.91. The third-order valence-corrected chi connectivity index (χ3v) is 5.21. The van der Waals surface area contributed by atoms with E-state index in [1.165, 1.54) is 16.0 Å². The van der Waals surface area contributed by atoms with Gasteiger partial charge >= 0.3 is 0 Å². The van der Waals surface area contributed by atoms with Crippen LogP contribution in [0.15, 0.2) is 53.9 Å². The highest BCUT2D eigenvalue weighted by Crippen LogP contribution is 2.23. The molecule has 0 bridgehead atoms. The molecule has 1 aliphatic heterocycles. The van der Waals surface area contributed by atoms with E-state index in [0.717, 1.165) is 19.5 Å². The molecule has 0 saturated carbocycles. The van der Waals surface area contributed by atoms with Gasteiger partial charge in [-0.3, -0.25) is 9.69 Å². The summed E-state index contributed by atoms with van der Waals surface area (Å²) in [6.07, 6.45) is 3.24. The van der Waals surface area contributed by atoms with Crippen LogP contribution in [0.2, 0.25) is 0 Å². The molecular formula is C19H22N2OS. The van der Waals surface area contributed by atoms with Gasteiger partial charge in [0.05, 0.1) is 12.6 Å². The van der Waals surface area contributed by atoms with Crippen molar-refractivity contribution in [2.45, 2.75) is 25.9 Å². The van der Waals surface area contributed by atoms with E-state index in [1.807, 2.05) is 30.5 Å². The first-order valence-electron chi connectivity index (χ1n) is 8.02. The fourth-order valence-corrected chi connectivity index (χ4v) is 3.50. The second kappa shape index (κ2) is 7.57. The van der Waals surface area contributed by atoms with Gasteiger partial charge in [-0.2, -0.15) is 0 Å². The molecule has 0 fully saturated rings. The van der Waals surface area contributed by atoms with E-state index in [0.29, 0.717) is 6.54 Å². The molecule has 1 atom stereocenters. The Kier molecular flexibility index (Phi) is 5.26. The van der Waals surface area contributed by atoms with Crippen LogP contribution in [0.5, 0.6) is 0 Å². The van der Waals surface area contributed by atoms with Crippen molar-refractivity contribution in [1.82, 2.24) is 10.2 Å². The summed E-state index contributed by atoms with van der Waals surface area (Å²) in [5, 5.41) is 5.07. The molecular weight excluding hydrogens is 304 g/mol. The number of benzene rings is 1. The van der Waals surface area contributed by atoms with Crippen molar-refractivity contribution in [2.24, 2.45) is 0 Å². The zero-order valence-corrected chi connectivity index (χ0v) is 14.2. The molecule has 0 aliphatic carbocycles. The highest BCUT2D eigenvalue weighted by atomic mass is 32.1. The number of carbonyl (C=O) groups is 1. The molecule has 2 aromatic rings. The molecule has 0 radical (unpaired) electrons. The Bertz CT molecular complexity index is 664. The lowest BCUT2D eigenvalue weighted by molar-refractivity contribution is -0.125. The van der Waals surface area contributed by atoms with Gasteiger partial charge in [0.15, 0.2) is 0 Å². The van der Waals surface area contributed by atoms with E-state index in [-0.39, 0.29) is 11.9 Å². The molecule has 1 N–H and O–H groups in total. The third kappa shape index (κ3) is 4.09. The number of amides is 1. The molecule has 3 nitrogen and oxygen atoms in total. The molecule has 0 saturated heterocycles. The first-order valence-corrected chi connectivity index (χ1v) is 8.90. The number of hydrogen-bond donors (Lipinski definition) is 1. The minimum absolute atomic E-state index is 0.0939. The van der Waals surface area contributed by atoms with E-state index in [4.69, 9.17) is 0 Å². The van der Waals surface area contributed by atoms with Gasteiger partial charge < -0.3 is 5.32 Å². The zero-order valence-electron chi connectivity index (χ0n) is 13.4. The van der Waals surface area contributed by atoms with E-state index in [1.54, 1.807) is 11.3 Å². The molecule has 1 aromatic heterocycles. The maximum atomic E-state index is 12.3. The van der Waals surface area contributed by atoms with Crippen LogP contribution in [-0.4, -0.2) is 29.9 Å². The molecule has 1 aromatic carbocycles.